The predicted molar refractivity (Wildman–Crippen MR) is 59.9 cm³/mol. The molecular formula is C12H17N3. The predicted octanol–water partition coefficient (Wildman–Crippen LogP) is 2.71. The van der Waals surface area contributed by atoms with Crippen LogP contribution in [0.3, 0.4) is 0 Å². The van der Waals surface area contributed by atoms with E-state index < -0.39 is 0 Å². The van der Waals surface area contributed by atoms with Gasteiger partial charge in [0.15, 0.2) is 0 Å². The van der Waals surface area contributed by atoms with Gasteiger partial charge in [0.1, 0.15) is 12.1 Å². The zero-order valence-corrected chi connectivity index (χ0v) is 8.95. The van der Waals surface area contributed by atoms with Gasteiger partial charge in [-0.1, -0.05) is 12.8 Å². The smallest absolute Gasteiger partial charge is 0.129 e. The van der Waals surface area contributed by atoms with Crippen LogP contribution in [0.5, 0.6) is 0 Å². The fourth-order valence-electron chi connectivity index (χ4n) is 2.33. The molecule has 3 nitrogen and oxygen atoms in total. The summed E-state index contributed by atoms with van der Waals surface area (Å²) in [4.78, 5) is 8.62. The van der Waals surface area contributed by atoms with Crippen LogP contribution >= 0.6 is 0 Å². The van der Waals surface area contributed by atoms with Gasteiger partial charge in [-0.3, -0.25) is 0 Å². The van der Waals surface area contributed by atoms with Gasteiger partial charge in [0.25, 0.3) is 0 Å². The molecule has 0 aromatic carbocycles. The topological polar surface area (TPSA) is 37.8 Å². The SMILES string of the molecule is c1nc(NC2CCCC2)cc(C2CC2)n1. The lowest BCUT2D eigenvalue weighted by Crippen LogP contribution is -2.15. The van der Waals surface area contributed by atoms with Gasteiger partial charge in [-0.2, -0.15) is 0 Å². The van der Waals surface area contributed by atoms with E-state index in [1.54, 1.807) is 6.33 Å². The summed E-state index contributed by atoms with van der Waals surface area (Å²) in [6, 6.07) is 2.78. The van der Waals surface area contributed by atoms with E-state index in [1.165, 1.54) is 44.2 Å². The largest absolute Gasteiger partial charge is 0.367 e. The fourth-order valence-corrected chi connectivity index (χ4v) is 2.33. The van der Waals surface area contributed by atoms with Crippen molar-refractivity contribution >= 4 is 5.82 Å². The summed E-state index contributed by atoms with van der Waals surface area (Å²) in [6.45, 7) is 0. The molecule has 2 aliphatic carbocycles. The minimum absolute atomic E-state index is 0.645. The monoisotopic (exact) mass is 203 g/mol. The Labute approximate surface area is 90.3 Å². The van der Waals surface area contributed by atoms with E-state index >= 15 is 0 Å². The van der Waals surface area contributed by atoms with Crippen molar-refractivity contribution in [3.8, 4) is 0 Å². The van der Waals surface area contributed by atoms with Crippen molar-refractivity contribution in [3.63, 3.8) is 0 Å². The molecule has 1 aromatic rings. The Morgan fingerprint density at radius 3 is 2.60 bits per heavy atom. The summed E-state index contributed by atoms with van der Waals surface area (Å²) in [5.41, 5.74) is 1.23. The van der Waals surface area contributed by atoms with Gasteiger partial charge >= 0.3 is 0 Å². The van der Waals surface area contributed by atoms with Crippen molar-refractivity contribution in [2.24, 2.45) is 0 Å². The van der Waals surface area contributed by atoms with Gasteiger partial charge in [0.2, 0.25) is 0 Å². The number of nitrogens with one attached hydrogen (secondary N) is 1. The van der Waals surface area contributed by atoms with E-state index in [0.717, 1.165) is 11.7 Å². The average molecular weight is 203 g/mol. The Hall–Kier alpha value is -1.12. The first-order chi connectivity index (χ1) is 7.42. The minimum atomic E-state index is 0.645. The van der Waals surface area contributed by atoms with E-state index in [9.17, 15) is 0 Å². The van der Waals surface area contributed by atoms with Crippen LogP contribution in [0.25, 0.3) is 0 Å². The molecule has 3 heteroatoms. The molecule has 80 valence electrons. The lowest BCUT2D eigenvalue weighted by Gasteiger charge is -2.12. The first kappa shape index (κ1) is 9.13. The molecule has 0 amide bonds. The molecule has 3 rings (SSSR count). The molecule has 2 aliphatic rings. The molecule has 0 radical (unpaired) electrons. The Morgan fingerprint density at radius 2 is 1.87 bits per heavy atom. The maximum Gasteiger partial charge on any atom is 0.129 e. The molecule has 0 unspecified atom stereocenters. The molecule has 0 aliphatic heterocycles. The molecule has 0 atom stereocenters. The number of rotatable bonds is 3. The number of aromatic nitrogens is 2. The molecule has 0 bridgehead atoms. The van der Waals surface area contributed by atoms with E-state index in [2.05, 4.69) is 21.4 Å². The van der Waals surface area contributed by atoms with Crippen molar-refractivity contribution in [3.05, 3.63) is 18.1 Å². The molecule has 0 spiro atoms. The van der Waals surface area contributed by atoms with Gasteiger partial charge < -0.3 is 5.32 Å². The maximum atomic E-state index is 4.32. The average Bonchev–Trinajstić information content (AvgIpc) is 3.00. The first-order valence-electron chi connectivity index (χ1n) is 6.00. The summed E-state index contributed by atoms with van der Waals surface area (Å²) in [5, 5.41) is 3.51. The Balaban J connectivity index is 1.70. The van der Waals surface area contributed by atoms with Crippen molar-refractivity contribution < 1.29 is 0 Å². The number of hydrogen-bond donors (Lipinski definition) is 1. The Kier molecular flexibility index (Phi) is 2.31. The van der Waals surface area contributed by atoms with E-state index in [0.29, 0.717) is 6.04 Å². The molecule has 1 aromatic heterocycles. The van der Waals surface area contributed by atoms with Crippen LogP contribution in [0, 0.1) is 0 Å². The zero-order chi connectivity index (χ0) is 10.1. The highest BCUT2D eigenvalue weighted by Gasteiger charge is 2.25. The van der Waals surface area contributed by atoms with E-state index in [1.807, 2.05) is 0 Å². The van der Waals surface area contributed by atoms with Crippen LogP contribution in [0.4, 0.5) is 5.82 Å². The molecule has 15 heavy (non-hydrogen) atoms. The molecule has 2 saturated carbocycles. The highest BCUT2D eigenvalue weighted by atomic mass is 15.0. The van der Waals surface area contributed by atoms with Crippen molar-refractivity contribution in [2.45, 2.75) is 50.5 Å². The van der Waals surface area contributed by atoms with E-state index in [4.69, 9.17) is 0 Å². The standard InChI is InChI=1S/C12H17N3/c1-2-4-10(3-1)15-12-7-11(9-5-6-9)13-8-14-12/h7-10H,1-6H2,(H,13,14,15). The van der Waals surface area contributed by atoms with Gasteiger partial charge in [-0.25, -0.2) is 9.97 Å². The third-order valence-electron chi connectivity index (χ3n) is 3.39. The van der Waals surface area contributed by atoms with Crippen LogP contribution in [0.2, 0.25) is 0 Å². The Morgan fingerprint density at radius 1 is 1.07 bits per heavy atom. The summed E-state index contributed by atoms with van der Waals surface area (Å²) in [7, 11) is 0. The number of anilines is 1. The minimum Gasteiger partial charge on any atom is -0.367 e. The van der Waals surface area contributed by atoms with Gasteiger partial charge in [0.05, 0.1) is 0 Å². The lowest BCUT2D eigenvalue weighted by molar-refractivity contribution is 0.748. The highest BCUT2D eigenvalue weighted by molar-refractivity contribution is 5.38. The van der Waals surface area contributed by atoms with Crippen molar-refractivity contribution in [2.75, 3.05) is 5.32 Å². The van der Waals surface area contributed by atoms with Gasteiger partial charge in [-0.15, -0.1) is 0 Å². The third-order valence-corrected chi connectivity index (χ3v) is 3.39. The second-order valence-electron chi connectivity index (χ2n) is 4.73. The van der Waals surface area contributed by atoms with Crippen molar-refractivity contribution in [1.82, 2.24) is 9.97 Å². The summed E-state index contributed by atoms with van der Waals surface area (Å²) >= 11 is 0. The molecular weight excluding hydrogens is 186 g/mol. The van der Waals surface area contributed by atoms with Crippen LogP contribution in [-0.2, 0) is 0 Å². The second kappa shape index (κ2) is 3.80. The van der Waals surface area contributed by atoms with Crippen LogP contribution in [0.15, 0.2) is 12.4 Å². The van der Waals surface area contributed by atoms with Gasteiger partial charge in [-0.05, 0) is 25.7 Å². The first-order valence-corrected chi connectivity index (χ1v) is 6.00. The quantitative estimate of drug-likeness (QED) is 0.820. The van der Waals surface area contributed by atoms with Crippen molar-refractivity contribution in [1.29, 1.82) is 0 Å². The molecule has 0 saturated heterocycles. The summed E-state index contributed by atoms with van der Waals surface area (Å²) in [6.07, 6.45) is 9.62. The van der Waals surface area contributed by atoms with Crippen LogP contribution < -0.4 is 5.32 Å². The Bertz CT molecular complexity index is 340. The number of hydrogen-bond acceptors (Lipinski definition) is 3. The molecule has 2 fully saturated rings. The summed E-state index contributed by atoms with van der Waals surface area (Å²) < 4.78 is 0. The highest BCUT2D eigenvalue weighted by Crippen LogP contribution is 2.39. The van der Waals surface area contributed by atoms with E-state index in [-0.39, 0.29) is 0 Å². The van der Waals surface area contributed by atoms with Crippen LogP contribution in [0.1, 0.15) is 50.1 Å². The molecule has 1 N–H and O–H groups in total. The molecule has 1 heterocycles. The van der Waals surface area contributed by atoms with Crippen LogP contribution in [-0.4, -0.2) is 16.0 Å². The van der Waals surface area contributed by atoms with Gasteiger partial charge in [0, 0.05) is 23.7 Å². The fraction of sp³-hybridized carbons (Fsp3) is 0.667. The summed E-state index contributed by atoms with van der Waals surface area (Å²) in [5.74, 6) is 1.75. The lowest BCUT2D eigenvalue weighted by atomic mass is 10.2. The third kappa shape index (κ3) is 2.11. The number of nitrogens with zero attached hydrogens (tertiary/aromatic N) is 2. The normalized spacial score (nSPS) is 21.9. The maximum absolute atomic E-state index is 4.32. The second-order valence-corrected chi connectivity index (χ2v) is 4.73. The zero-order valence-electron chi connectivity index (χ0n) is 8.95.